The van der Waals surface area contributed by atoms with Crippen molar-refractivity contribution >= 4 is 17.7 Å². The molecule has 2 rings (SSSR count). The Morgan fingerprint density at radius 1 is 1.32 bits per heavy atom. The molecule has 0 aliphatic heterocycles. The van der Waals surface area contributed by atoms with Crippen molar-refractivity contribution in [3.05, 3.63) is 30.1 Å². The number of esters is 1. The Hall–Kier alpha value is -1.89. The molecular weight excluding hydrogens is 341 g/mol. The van der Waals surface area contributed by atoms with Crippen molar-refractivity contribution in [2.75, 3.05) is 12.4 Å². The Morgan fingerprint density at radius 3 is 2.76 bits per heavy atom. The topological polar surface area (TPSA) is 57.0 Å². The second-order valence-corrected chi connectivity index (χ2v) is 7.10. The smallest absolute Gasteiger partial charge is 0.316 e. The van der Waals surface area contributed by atoms with Crippen LogP contribution >= 0.6 is 11.8 Å². The summed E-state index contributed by atoms with van der Waals surface area (Å²) in [5.74, 6) is 0.364. The lowest BCUT2D eigenvalue weighted by molar-refractivity contribution is -0.140. The van der Waals surface area contributed by atoms with Crippen LogP contribution in [0.15, 0.2) is 29.4 Å². The summed E-state index contributed by atoms with van der Waals surface area (Å²) in [5.41, 5.74) is 0.410. The lowest BCUT2D eigenvalue weighted by Crippen LogP contribution is -2.11. The molecule has 2 aromatic rings. The Morgan fingerprint density at radius 2 is 2.08 bits per heavy atom. The number of carbonyl (C=O) groups is 1. The van der Waals surface area contributed by atoms with Gasteiger partial charge in [-0.05, 0) is 24.5 Å². The lowest BCUT2D eigenvalue weighted by Gasteiger charge is -2.12. The maximum atomic E-state index is 14.1. The molecule has 0 saturated carbocycles. The van der Waals surface area contributed by atoms with Crippen LogP contribution in [0.4, 0.5) is 4.39 Å². The summed E-state index contributed by atoms with van der Waals surface area (Å²) in [4.78, 5) is 11.8. The first-order valence-corrected chi connectivity index (χ1v) is 9.48. The fourth-order valence-electron chi connectivity index (χ4n) is 2.26. The van der Waals surface area contributed by atoms with E-state index in [9.17, 15) is 9.18 Å². The van der Waals surface area contributed by atoms with Crippen molar-refractivity contribution in [2.45, 2.75) is 45.3 Å². The summed E-state index contributed by atoms with van der Waals surface area (Å²) in [5, 5.41) is 8.91. The van der Waals surface area contributed by atoms with Gasteiger partial charge in [0.1, 0.15) is 5.82 Å². The van der Waals surface area contributed by atoms with Gasteiger partial charge in [-0.25, -0.2) is 4.39 Å². The average Bonchev–Trinajstić information content (AvgIpc) is 2.95. The molecule has 0 aliphatic rings. The van der Waals surface area contributed by atoms with Crippen LogP contribution in [0.2, 0.25) is 0 Å². The molecule has 0 saturated heterocycles. The van der Waals surface area contributed by atoms with E-state index in [1.54, 1.807) is 18.2 Å². The van der Waals surface area contributed by atoms with Crippen molar-refractivity contribution in [2.24, 2.45) is 5.92 Å². The van der Waals surface area contributed by atoms with Crippen LogP contribution < -0.4 is 0 Å². The van der Waals surface area contributed by atoms with Crippen LogP contribution in [0.1, 0.15) is 33.6 Å². The second-order valence-electron chi connectivity index (χ2n) is 6.15. The summed E-state index contributed by atoms with van der Waals surface area (Å²) in [7, 11) is 0. The minimum Gasteiger partial charge on any atom is -0.465 e. The highest BCUT2D eigenvalue weighted by Gasteiger charge is 2.18. The molecule has 0 fully saturated rings. The Labute approximate surface area is 152 Å². The molecule has 1 aromatic heterocycles. The number of carbonyl (C=O) groups excluding carboxylic acids is 1. The number of hydrogen-bond acceptors (Lipinski definition) is 5. The van der Waals surface area contributed by atoms with E-state index in [1.807, 2.05) is 11.5 Å². The number of unbranched alkanes of at least 4 members (excludes halogenated alkanes) is 1. The quantitative estimate of drug-likeness (QED) is 0.379. The van der Waals surface area contributed by atoms with Gasteiger partial charge in [0.05, 0.1) is 17.9 Å². The number of ether oxygens (including phenoxy) is 1. The van der Waals surface area contributed by atoms with E-state index in [4.69, 9.17) is 4.74 Å². The van der Waals surface area contributed by atoms with Crippen molar-refractivity contribution in [3.8, 4) is 11.4 Å². The minimum atomic E-state index is -0.338. The zero-order valence-electron chi connectivity index (χ0n) is 14.9. The van der Waals surface area contributed by atoms with E-state index < -0.39 is 0 Å². The van der Waals surface area contributed by atoms with Gasteiger partial charge in [-0.3, -0.25) is 4.79 Å². The van der Waals surface area contributed by atoms with Crippen LogP contribution in [-0.4, -0.2) is 33.1 Å². The molecular formula is C18H24FN3O2S. The molecule has 7 heteroatoms. The van der Waals surface area contributed by atoms with Gasteiger partial charge >= 0.3 is 5.97 Å². The van der Waals surface area contributed by atoms with E-state index in [-0.39, 0.29) is 17.5 Å². The highest BCUT2D eigenvalue weighted by atomic mass is 32.2. The monoisotopic (exact) mass is 365 g/mol. The fraction of sp³-hybridized carbons (Fsp3) is 0.500. The highest BCUT2D eigenvalue weighted by Crippen LogP contribution is 2.27. The van der Waals surface area contributed by atoms with E-state index in [1.165, 1.54) is 17.8 Å². The third-order valence-corrected chi connectivity index (χ3v) is 4.40. The predicted octanol–water partition coefficient (Wildman–Crippen LogP) is 4.18. The molecule has 5 nitrogen and oxygen atoms in total. The largest absolute Gasteiger partial charge is 0.465 e. The Bertz CT molecular complexity index is 703. The SMILES string of the molecule is CCCCOC(=O)CSc1nnc(-c2ccccc2F)n1CC(C)C. The molecule has 1 aromatic carbocycles. The summed E-state index contributed by atoms with van der Waals surface area (Å²) in [6.45, 7) is 7.26. The number of nitrogens with zero attached hydrogens (tertiary/aromatic N) is 3. The van der Waals surface area contributed by atoms with Crippen molar-refractivity contribution in [1.82, 2.24) is 14.8 Å². The lowest BCUT2D eigenvalue weighted by atomic mass is 10.2. The van der Waals surface area contributed by atoms with Crippen molar-refractivity contribution in [1.29, 1.82) is 0 Å². The third kappa shape index (κ3) is 5.56. The second kappa shape index (κ2) is 9.56. The summed E-state index contributed by atoms with van der Waals surface area (Å²) >= 11 is 1.27. The average molecular weight is 365 g/mol. The molecule has 1 heterocycles. The van der Waals surface area contributed by atoms with Gasteiger partial charge < -0.3 is 9.30 Å². The third-order valence-electron chi connectivity index (χ3n) is 3.46. The summed E-state index contributed by atoms with van der Waals surface area (Å²) in [6, 6.07) is 6.50. The number of aromatic nitrogens is 3. The van der Waals surface area contributed by atoms with Crippen LogP contribution in [0.5, 0.6) is 0 Å². The molecule has 0 aliphatic carbocycles. The molecule has 136 valence electrons. The number of halogens is 1. The van der Waals surface area contributed by atoms with Crippen LogP contribution in [0, 0.1) is 11.7 Å². The molecule has 25 heavy (non-hydrogen) atoms. The van der Waals surface area contributed by atoms with Crippen LogP contribution in [0.3, 0.4) is 0 Å². The molecule has 0 bridgehead atoms. The number of hydrogen-bond donors (Lipinski definition) is 0. The first-order chi connectivity index (χ1) is 12.0. The van der Waals surface area contributed by atoms with Gasteiger partial charge in [0.25, 0.3) is 0 Å². The van der Waals surface area contributed by atoms with Crippen LogP contribution in [0.25, 0.3) is 11.4 Å². The molecule has 0 atom stereocenters. The number of rotatable bonds is 9. The fourth-order valence-corrected chi connectivity index (χ4v) is 3.01. The van der Waals surface area contributed by atoms with Crippen molar-refractivity contribution in [3.63, 3.8) is 0 Å². The van der Waals surface area contributed by atoms with E-state index in [0.29, 0.717) is 35.6 Å². The number of benzene rings is 1. The van der Waals surface area contributed by atoms with Gasteiger partial charge in [-0.2, -0.15) is 0 Å². The molecule has 0 radical (unpaired) electrons. The first kappa shape index (κ1) is 19.4. The minimum absolute atomic E-state index is 0.164. The normalized spacial score (nSPS) is 11.1. The van der Waals surface area contributed by atoms with Crippen molar-refractivity contribution < 1.29 is 13.9 Å². The maximum Gasteiger partial charge on any atom is 0.316 e. The maximum absolute atomic E-state index is 14.1. The Balaban J connectivity index is 2.16. The van der Waals surface area contributed by atoms with Gasteiger partial charge in [-0.15, -0.1) is 10.2 Å². The van der Waals surface area contributed by atoms with Gasteiger partial charge in [0.2, 0.25) is 0 Å². The van der Waals surface area contributed by atoms with Gasteiger partial charge in [0.15, 0.2) is 11.0 Å². The highest BCUT2D eigenvalue weighted by molar-refractivity contribution is 7.99. The van der Waals surface area contributed by atoms with E-state index >= 15 is 0 Å². The summed E-state index contributed by atoms with van der Waals surface area (Å²) in [6.07, 6.45) is 1.84. The summed E-state index contributed by atoms with van der Waals surface area (Å²) < 4.78 is 21.2. The Kier molecular flexibility index (Phi) is 7.43. The zero-order chi connectivity index (χ0) is 18.2. The predicted molar refractivity (Wildman–Crippen MR) is 96.8 cm³/mol. The van der Waals surface area contributed by atoms with Crippen LogP contribution in [-0.2, 0) is 16.1 Å². The van der Waals surface area contributed by atoms with E-state index in [0.717, 1.165) is 12.8 Å². The standard InChI is InChI=1S/C18H24FN3O2S/c1-4-5-10-24-16(23)12-25-18-21-20-17(22(18)11-13(2)3)14-8-6-7-9-15(14)19/h6-9,13H,4-5,10-12H2,1-3H3. The molecule has 0 unspecified atom stereocenters. The van der Waals surface area contributed by atoms with Gasteiger partial charge in [0, 0.05) is 6.54 Å². The zero-order valence-corrected chi connectivity index (χ0v) is 15.7. The van der Waals surface area contributed by atoms with E-state index in [2.05, 4.69) is 24.0 Å². The molecule has 0 spiro atoms. The molecule has 0 amide bonds. The number of thioether (sulfide) groups is 1. The molecule has 0 N–H and O–H groups in total. The first-order valence-electron chi connectivity index (χ1n) is 8.49. The van der Waals surface area contributed by atoms with Gasteiger partial charge in [-0.1, -0.05) is 51.1 Å².